The van der Waals surface area contributed by atoms with E-state index in [1.807, 2.05) is 6.92 Å². The average molecular weight is 288 g/mol. The summed E-state index contributed by atoms with van der Waals surface area (Å²) >= 11 is 0. The molecule has 1 amide bonds. The summed E-state index contributed by atoms with van der Waals surface area (Å²) < 4.78 is 0. The lowest BCUT2D eigenvalue weighted by Crippen LogP contribution is -2.63. The number of aryl methyl sites for hydroxylation is 1. The maximum absolute atomic E-state index is 13.0. The molecule has 1 aromatic carbocycles. The summed E-state index contributed by atoms with van der Waals surface area (Å²) in [5.74, 6) is 0.340. The largest absolute Gasteiger partial charge is 0.508 e. The summed E-state index contributed by atoms with van der Waals surface area (Å²) in [6, 6.07) is 5.03. The highest BCUT2D eigenvalue weighted by Gasteiger charge is 2.42. The van der Waals surface area contributed by atoms with E-state index in [4.69, 9.17) is 0 Å². The predicted molar refractivity (Wildman–Crippen MR) is 82.6 cm³/mol. The van der Waals surface area contributed by atoms with Crippen LogP contribution in [0.3, 0.4) is 0 Å². The number of aromatic hydroxyl groups is 1. The molecule has 0 aromatic heterocycles. The highest BCUT2D eigenvalue weighted by molar-refractivity contribution is 5.96. The van der Waals surface area contributed by atoms with Gasteiger partial charge in [-0.1, -0.05) is 19.3 Å². The molecule has 4 heteroatoms. The fourth-order valence-electron chi connectivity index (χ4n) is 3.85. The minimum absolute atomic E-state index is 0.00207. The first kappa shape index (κ1) is 14.4. The second-order valence-corrected chi connectivity index (χ2v) is 6.42. The van der Waals surface area contributed by atoms with Gasteiger partial charge in [-0.3, -0.25) is 4.79 Å². The van der Waals surface area contributed by atoms with Crippen molar-refractivity contribution in [3.8, 4) is 5.75 Å². The number of nitrogens with one attached hydrogen (secondary N) is 1. The zero-order valence-corrected chi connectivity index (χ0v) is 12.7. The van der Waals surface area contributed by atoms with Crippen LogP contribution in [-0.4, -0.2) is 41.1 Å². The standard InChI is InChI=1S/C17H24N2O2/c1-13-11-14(20)5-6-15(13)16(21)19-10-9-18-12-17(19)7-3-2-4-8-17/h5-6,11,18,20H,2-4,7-10,12H2,1H3. The van der Waals surface area contributed by atoms with Crippen molar-refractivity contribution in [1.82, 2.24) is 10.2 Å². The van der Waals surface area contributed by atoms with Crippen molar-refractivity contribution in [2.45, 2.75) is 44.6 Å². The summed E-state index contributed by atoms with van der Waals surface area (Å²) in [7, 11) is 0. The molecule has 1 aliphatic carbocycles. The van der Waals surface area contributed by atoms with Gasteiger partial charge in [0.1, 0.15) is 5.75 Å². The number of nitrogens with zero attached hydrogens (tertiary/aromatic N) is 1. The van der Waals surface area contributed by atoms with Gasteiger partial charge in [0, 0.05) is 25.2 Å². The van der Waals surface area contributed by atoms with Crippen LogP contribution in [0.1, 0.15) is 48.0 Å². The highest BCUT2D eigenvalue weighted by Crippen LogP contribution is 2.36. The van der Waals surface area contributed by atoms with Crippen LogP contribution in [0, 0.1) is 6.92 Å². The van der Waals surface area contributed by atoms with E-state index in [-0.39, 0.29) is 17.2 Å². The average Bonchev–Trinajstić information content (AvgIpc) is 2.48. The normalized spacial score (nSPS) is 21.5. The molecule has 0 bridgehead atoms. The van der Waals surface area contributed by atoms with Crippen molar-refractivity contribution in [2.75, 3.05) is 19.6 Å². The third-order valence-electron chi connectivity index (χ3n) is 5.01. The van der Waals surface area contributed by atoms with E-state index in [1.165, 1.54) is 19.3 Å². The van der Waals surface area contributed by atoms with E-state index in [0.717, 1.165) is 43.6 Å². The van der Waals surface area contributed by atoms with Crippen LogP contribution in [0.2, 0.25) is 0 Å². The fraction of sp³-hybridized carbons (Fsp3) is 0.588. The Labute approximate surface area is 126 Å². The first-order valence-electron chi connectivity index (χ1n) is 7.95. The summed E-state index contributed by atoms with van der Waals surface area (Å²) in [6.07, 6.45) is 5.90. The van der Waals surface area contributed by atoms with Gasteiger partial charge in [-0.25, -0.2) is 0 Å². The van der Waals surface area contributed by atoms with Gasteiger partial charge >= 0.3 is 0 Å². The number of hydrogen-bond donors (Lipinski definition) is 2. The zero-order valence-electron chi connectivity index (χ0n) is 12.7. The van der Waals surface area contributed by atoms with E-state index in [0.29, 0.717) is 0 Å². The Morgan fingerprint density at radius 2 is 2.05 bits per heavy atom. The lowest BCUT2D eigenvalue weighted by Gasteiger charge is -2.50. The molecule has 0 radical (unpaired) electrons. The number of carbonyl (C=O) groups is 1. The van der Waals surface area contributed by atoms with Gasteiger partial charge in [-0.2, -0.15) is 0 Å². The summed E-state index contributed by atoms with van der Waals surface area (Å²) in [4.78, 5) is 15.1. The highest BCUT2D eigenvalue weighted by atomic mass is 16.3. The van der Waals surface area contributed by atoms with Crippen LogP contribution in [0.4, 0.5) is 0 Å². The van der Waals surface area contributed by atoms with Crippen LogP contribution in [-0.2, 0) is 0 Å². The minimum Gasteiger partial charge on any atom is -0.508 e. The van der Waals surface area contributed by atoms with Gasteiger partial charge in [-0.05, 0) is 43.5 Å². The molecule has 1 saturated heterocycles. The zero-order chi connectivity index (χ0) is 14.9. The third-order valence-corrected chi connectivity index (χ3v) is 5.01. The van der Waals surface area contributed by atoms with Crippen molar-refractivity contribution in [3.63, 3.8) is 0 Å². The smallest absolute Gasteiger partial charge is 0.254 e. The lowest BCUT2D eigenvalue weighted by molar-refractivity contribution is 0.0222. The van der Waals surface area contributed by atoms with Gasteiger partial charge in [0.25, 0.3) is 5.91 Å². The van der Waals surface area contributed by atoms with Crippen molar-refractivity contribution < 1.29 is 9.90 Å². The molecule has 1 saturated carbocycles. The molecular weight excluding hydrogens is 264 g/mol. The molecule has 1 aromatic rings. The molecule has 2 N–H and O–H groups in total. The molecule has 0 unspecified atom stereocenters. The Hall–Kier alpha value is -1.55. The number of piperazine rings is 1. The monoisotopic (exact) mass is 288 g/mol. The van der Waals surface area contributed by atoms with Crippen molar-refractivity contribution >= 4 is 5.91 Å². The van der Waals surface area contributed by atoms with Crippen LogP contribution < -0.4 is 5.32 Å². The summed E-state index contributed by atoms with van der Waals surface area (Å²) in [5.41, 5.74) is 1.57. The van der Waals surface area contributed by atoms with Crippen molar-refractivity contribution in [2.24, 2.45) is 0 Å². The number of carbonyl (C=O) groups excluding carboxylic acids is 1. The Morgan fingerprint density at radius 3 is 2.76 bits per heavy atom. The quantitative estimate of drug-likeness (QED) is 0.834. The van der Waals surface area contributed by atoms with E-state index >= 15 is 0 Å². The molecule has 2 fully saturated rings. The second-order valence-electron chi connectivity index (χ2n) is 6.42. The van der Waals surface area contributed by atoms with E-state index in [1.54, 1.807) is 18.2 Å². The molecule has 114 valence electrons. The minimum atomic E-state index is -0.00207. The lowest BCUT2D eigenvalue weighted by atomic mass is 9.78. The molecule has 1 aliphatic heterocycles. The first-order chi connectivity index (χ1) is 10.1. The van der Waals surface area contributed by atoms with Crippen molar-refractivity contribution in [1.29, 1.82) is 0 Å². The predicted octanol–water partition coefficient (Wildman–Crippen LogP) is 2.45. The molecule has 3 rings (SSSR count). The molecular formula is C17H24N2O2. The SMILES string of the molecule is Cc1cc(O)ccc1C(=O)N1CCNCC12CCCCC2. The molecule has 4 nitrogen and oxygen atoms in total. The van der Waals surface area contributed by atoms with Gasteiger partial charge in [0.2, 0.25) is 0 Å². The van der Waals surface area contributed by atoms with Crippen LogP contribution in [0.25, 0.3) is 0 Å². The number of rotatable bonds is 1. The summed E-state index contributed by atoms with van der Waals surface area (Å²) in [5, 5.41) is 13.0. The van der Waals surface area contributed by atoms with Crippen LogP contribution in [0.5, 0.6) is 5.75 Å². The first-order valence-corrected chi connectivity index (χ1v) is 7.95. The Kier molecular flexibility index (Phi) is 3.89. The maximum Gasteiger partial charge on any atom is 0.254 e. The topological polar surface area (TPSA) is 52.6 Å². The van der Waals surface area contributed by atoms with Crippen LogP contribution >= 0.6 is 0 Å². The van der Waals surface area contributed by atoms with E-state index in [2.05, 4.69) is 10.2 Å². The molecule has 2 aliphatic rings. The number of phenolic OH excluding ortho intramolecular Hbond substituents is 1. The van der Waals surface area contributed by atoms with Gasteiger partial charge in [0.15, 0.2) is 0 Å². The number of amides is 1. The molecule has 1 spiro atoms. The Bertz CT molecular complexity index is 527. The third kappa shape index (κ3) is 2.64. The van der Waals surface area contributed by atoms with Gasteiger partial charge < -0.3 is 15.3 Å². The summed E-state index contributed by atoms with van der Waals surface area (Å²) in [6.45, 7) is 4.45. The molecule has 1 heterocycles. The van der Waals surface area contributed by atoms with Gasteiger partial charge in [-0.15, -0.1) is 0 Å². The van der Waals surface area contributed by atoms with Gasteiger partial charge in [0.05, 0.1) is 5.54 Å². The number of phenols is 1. The van der Waals surface area contributed by atoms with Crippen LogP contribution in [0.15, 0.2) is 18.2 Å². The van der Waals surface area contributed by atoms with Crippen molar-refractivity contribution in [3.05, 3.63) is 29.3 Å². The maximum atomic E-state index is 13.0. The Balaban J connectivity index is 1.90. The Morgan fingerprint density at radius 1 is 1.29 bits per heavy atom. The molecule has 21 heavy (non-hydrogen) atoms. The van der Waals surface area contributed by atoms with E-state index in [9.17, 15) is 9.90 Å². The van der Waals surface area contributed by atoms with E-state index < -0.39 is 0 Å². The second kappa shape index (κ2) is 5.68. The molecule has 0 atom stereocenters. The number of hydrogen-bond acceptors (Lipinski definition) is 3. The number of benzene rings is 1. The fourth-order valence-corrected chi connectivity index (χ4v) is 3.85.